The highest BCUT2D eigenvalue weighted by Gasteiger charge is 2.14. The van der Waals surface area contributed by atoms with Crippen LogP contribution in [0.2, 0.25) is 0 Å². The van der Waals surface area contributed by atoms with Gasteiger partial charge in [0.25, 0.3) is 0 Å². The second-order valence-electron chi connectivity index (χ2n) is 3.06. The zero-order valence-electron chi connectivity index (χ0n) is 8.33. The first-order valence-electron chi connectivity index (χ1n) is 4.38. The Morgan fingerprint density at radius 2 is 2.25 bits per heavy atom. The van der Waals surface area contributed by atoms with Crippen molar-refractivity contribution in [2.75, 3.05) is 12.8 Å². The summed E-state index contributed by atoms with van der Waals surface area (Å²) < 4.78 is 23.7. The quantitative estimate of drug-likeness (QED) is 0.922. The minimum atomic E-state index is -0.470. The Balaban J connectivity index is 2.49. The van der Waals surface area contributed by atoms with Crippen molar-refractivity contribution in [1.29, 1.82) is 0 Å². The lowest BCUT2D eigenvalue weighted by atomic mass is 10.1. The van der Waals surface area contributed by atoms with Crippen molar-refractivity contribution >= 4 is 21.7 Å². The molecule has 16 heavy (non-hydrogen) atoms. The van der Waals surface area contributed by atoms with E-state index in [1.165, 1.54) is 19.2 Å². The zero-order chi connectivity index (χ0) is 11.7. The van der Waals surface area contributed by atoms with Crippen molar-refractivity contribution in [3.63, 3.8) is 0 Å². The van der Waals surface area contributed by atoms with Gasteiger partial charge >= 0.3 is 0 Å². The smallest absolute Gasteiger partial charge is 0.183 e. The van der Waals surface area contributed by atoms with E-state index in [4.69, 9.17) is 15.0 Å². The molecule has 2 aromatic rings. The molecule has 1 aromatic carbocycles. The molecule has 4 nitrogen and oxygen atoms in total. The number of nitrogens with two attached hydrogens (primary N) is 1. The molecule has 6 heteroatoms. The molecule has 1 heterocycles. The first-order chi connectivity index (χ1) is 7.63. The average Bonchev–Trinajstić information content (AvgIpc) is 2.60. The van der Waals surface area contributed by atoms with Gasteiger partial charge in [0.15, 0.2) is 23.1 Å². The molecular formula is C10H8BrFN2O2. The van der Waals surface area contributed by atoms with Crippen molar-refractivity contribution in [2.45, 2.75) is 0 Å². The Bertz CT molecular complexity index is 528. The summed E-state index contributed by atoms with van der Waals surface area (Å²) in [6.07, 6.45) is 0. The third kappa shape index (κ3) is 1.76. The number of nitrogens with zero attached hydrogens (tertiary/aromatic N) is 1. The second kappa shape index (κ2) is 4.13. The summed E-state index contributed by atoms with van der Waals surface area (Å²) in [6, 6.07) is 4.46. The Morgan fingerprint density at radius 3 is 2.75 bits per heavy atom. The van der Waals surface area contributed by atoms with Crippen LogP contribution in [0.5, 0.6) is 5.75 Å². The van der Waals surface area contributed by atoms with Gasteiger partial charge in [0, 0.05) is 5.56 Å². The van der Waals surface area contributed by atoms with Gasteiger partial charge in [-0.05, 0) is 34.1 Å². The summed E-state index contributed by atoms with van der Waals surface area (Å²) in [6.45, 7) is 0. The summed E-state index contributed by atoms with van der Waals surface area (Å²) in [5.41, 5.74) is 6.04. The minimum absolute atomic E-state index is 0.173. The molecule has 0 radical (unpaired) electrons. The molecule has 0 aliphatic heterocycles. The number of nitrogen functional groups attached to an aromatic ring is 1. The number of rotatable bonds is 2. The average molecular weight is 287 g/mol. The first-order valence-corrected chi connectivity index (χ1v) is 5.17. The fourth-order valence-electron chi connectivity index (χ4n) is 1.28. The topological polar surface area (TPSA) is 61.3 Å². The van der Waals surface area contributed by atoms with Crippen LogP contribution >= 0.6 is 15.9 Å². The highest BCUT2D eigenvalue weighted by atomic mass is 79.9. The molecular weight excluding hydrogens is 279 g/mol. The highest BCUT2D eigenvalue weighted by Crippen LogP contribution is 2.34. The lowest BCUT2D eigenvalue weighted by Gasteiger charge is -2.02. The number of halogens is 2. The van der Waals surface area contributed by atoms with Gasteiger partial charge in [-0.1, -0.05) is 5.16 Å². The number of hydrogen-bond donors (Lipinski definition) is 1. The largest absolute Gasteiger partial charge is 0.494 e. The van der Waals surface area contributed by atoms with Crippen LogP contribution in [0.4, 0.5) is 10.2 Å². The van der Waals surface area contributed by atoms with Crippen molar-refractivity contribution in [3.05, 3.63) is 28.5 Å². The van der Waals surface area contributed by atoms with Gasteiger partial charge in [0.1, 0.15) is 4.47 Å². The van der Waals surface area contributed by atoms with Crippen LogP contribution in [-0.4, -0.2) is 12.3 Å². The van der Waals surface area contributed by atoms with Crippen LogP contribution in [-0.2, 0) is 0 Å². The molecule has 0 bridgehead atoms. The fourth-order valence-corrected chi connectivity index (χ4v) is 1.65. The lowest BCUT2D eigenvalue weighted by Crippen LogP contribution is -1.88. The van der Waals surface area contributed by atoms with Crippen LogP contribution < -0.4 is 10.5 Å². The van der Waals surface area contributed by atoms with E-state index in [0.29, 0.717) is 15.8 Å². The molecule has 84 valence electrons. The van der Waals surface area contributed by atoms with Crippen molar-refractivity contribution in [1.82, 2.24) is 5.16 Å². The predicted molar refractivity (Wildman–Crippen MR) is 60.6 cm³/mol. The number of anilines is 1. The molecule has 0 saturated carbocycles. The second-order valence-corrected chi connectivity index (χ2v) is 3.85. The van der Waals surface area contributed by atoms with Crippen LogP contribution in [0.25, 0.3) is 11.3 Å². The van der Waals surface area contributed by atoms with Gasteiger partial charge in [-0.25, -0.2) is 4.39 Å². The van der Waals surface area contributed by atoms with E-state index in [1.54, 1.807) is 6.07 Å². The molecule has 0 unspecified atom stereocenters. The number of ether oxygens (including phenoxy) is 1. The summed E-state index contributed by atoms with van der Waals surface area (Å²) in [7, 11) is 1.40. The number of hydrogen-bond acceptors (Lipinski definition) is 4. The van der Waals surface area contributed by atoms with Gasteiger partial charge in [0.2, 0.25) is 0 Å². The van der Waals surface area contributed by atoms with Crippen LogP contribution in [0.3, 0.4) is 0 Å². The van der Waals surface area contributed by atoms with E-state index in [9.17, 15) is 4.39 Å². The van der Waals surface area contributed by atoms with Crippen molar-refractivity contribution < 1.29 is 13.7 Å². The number of aromatic nitrogens is 1. The Kier molecular flexibility index (Phi) is 2.82. The molecule has 0 fully saturated rings. The van der Waals surface area contributed by atoms with Crippen LogP contribution in [0, 0.1) is 5.82 Å². The summed E-state index contributed by atoms with van der Waals surface area (Å²) >= 11 is 3.21. The highest BCUT2D eigenvalue weighted by molar-refractivity contribution is 9.10. The van der Waals surface area contributed by atoms with Crippen molar-refractivity contribution in [3.8, 4) is 17.1 Å². The zero-order valence-corrected chi connectivity index (χ0v) is 9.92. The molecule has 1 aromatic heterocycles. The lowest BCUT2D eigenvalue weighted by molar-refractivity contribution is 0.386. The molecule has 0 aliphatic carbocycles. The predicted octanol–water partition coefficient (Wildman–Crippen LogP) is 2.83. The molecule has 0 aliphatic rings. The Hall–Kier alpha value is -1.56. The molecule has 0 atom stereocenters. The molecule has 0 saturated heterocycles. The molecule has 2 N–H and O–H groups in total. The van der Waals surface area contributed by atoms with E-state index in [2.05, 4.69) is 21.1 Å². The van der Waals surface area contributed by atoms with Gasteiger partial charge in [-0.3, -0.25) is 0 Å². The molecule has 2 rings (SSSR count). The third-order valence-electron chi connectivity index (χ3n) is 2.07. The maximum atomic E-state index is 13.4. The standard InChI is InChI=1S/C10H8BrFN2O2/c1-15-7-3-2-5(4-6(7)12)9-8(11)10(13)14-16-9/h2-4H,1H3,(H2,13,14). The Labute approximate surface area is 99.3 Å². The maximum absolute atomic E-state index is 13.4. The fraction of sp³-hybridized carbons (Fsp3) is 0.100. The van der Waals surface area contributed by atoms with Gasteiger partial charge in [-0.2, -0.15) is 0 Å². The minimum Gasteiger partial charge on any atom is -0.494 e. The maximum Gasteiger partial charge on any atom is 0.183 e. The van der Waals surface area contributed by atoms with Gasteiger partial charge in [0.05, 0.1) is 7.11 Å². The van der Waals surface area contributed by atoms with E-state index in [-0.39, 0.29) is 11.6 Å². The normalized spacial score (nSPS) is 10.4. The molecule has 0 spiro atoms. The van der Waals surface area contributed by atoms with Crippen LogP contribution in [0.1, 0.15) is 0 Å². The number of benzene rings is 1. The first kappa shape index (κ1) is 10.9. The Morgan fingerprint density at radius 1 is 1.50 bits per heavy atom. The SMILES string of the molecule is COc1ccc(-c2onc(N)c2Br)cc1F. The summed E-state index contributed by atoms with van der Waals surface area (Å²) in [5, 5.41) is 3.57. The third-order valence-corrected chi connectivity index (χ3v) is 2.84. The van der Waals surface area contributed by atoms with Gasteiger partial charge in [-0.15, -0.1) is 0 Å². The summed E-state index contributed by atoms with van der Waals surface area (Å²) in [5.74, 6) is 0.319. The van der Waals surface area contributed by atoms with E-state index < -0.39 is 5.82 Å². The monoisotopic (exact) mass is 286 g/mol. The van der Waals surface area contributed by atoms with Gasteiger partial charge < -0.3 is 15.0 Å². The van der Waals surface area contributed by atoms with E-state index in [0.717, 1.165) is 0 Å². The molecule has 0 amide bonds. The van der Waals surface area contributed by atoms with Crippen LogP contribution in [0.15, 0.2) is 27.2 Å². The van der Waals surface area contributed by atoms with Crippen molar-refractivity contribution in [2.24, 2.45) is 0 Å². The number of methoxy groups -OCH3 is 1. The summed E-state index contributed by atoms with van der Waals surface area (Å²) in [4.78, 5) is 0. The van der Waals surface area contributed by atoms with E-state index >= 15 is 0 Å². The van der Waals surface area contributed by atoms with E-state index in [1.807, 2.05) is 0 Å².